The zero-order chi connectivity index (χ0) is 12.2. The number of benzene rings is 1. The number of rotatable bonds is 4. The molecule has 0 N–H and O–H groups in total. The van der Waals surface area contributed by atoms with E-state index in [1.807, 2.05) is 0 Å². The molecular formula is C12H15FO2S. The molecule has 0 saturated heterocycles. The summed E-state index contributed by atoms with van der Waals surface area (Å²) in [5.74, 6) is -0.0508. The van der Waals surface area contributed by atoms with Crippen LogP contribution in [0.15, 0.2) is 29.2 Å². The number of esters is 1. The van der Waals surface area contributed by atoms with E-state index in [0.717, 1.165) is 0 Å². The van der Waals surface area contributed by atoms with Crippen LogP contribution in [-0.2, 0) is 9.53 Å². The van der Waals surface area contributed by atoms with Gasteiger partial charge in [0.15, 0.2) is 0 Å². The van der Waals surface area contributed by atoms with Gasteiger partial charge in [-0.25, -0.2) is 4.39 Å². The van der Waals surface area contributed by atoms with E-state index in [1.165, 1.54) is 24.9 Å². The van der Waals surface area contributed by atoms with Crippen LogP contribution in [0, 0.1) is 11.2 Å². The summed E-state index contributed by atoms with van der Waals surface area (Å²) in [6, 6.07) is 6.53. The second-order valence-corrected chi connectivity index (χ2v) is 5.11. The summed E-state index contributed by atoms with van der Waals surface area (Å²) in [4.78, 5) is 12.0. The highest BCUT2D eigenvalue weighted by Gasteiger charge is 2.28. The summed E-state index contributed by atoms with van der Waals surface area (Å²) in [6.45, 7) is 3.57. The van der Waals surface area contributed by atoms with Crippen LogP contribution in [0.5, 0.6) is 0 Å². The van der Waals surface area contributed by atoms with Crippen molar-refractivity contribution < 1.29 is 13.9 Å². The molecule has 1 aromatic rings. The van der Waals surface area contributed by atoms with Crippen LogP contribution >= 0.6 is 11.8 Å². The van der Waals surface area contributed by atoms with E-state index < -0.39 is 5.41 Å². The number of hydrogen-bond acceptors (Lipinski definition) is 3. The van der Waals surface area contributed by atoms with Gasteiger partial charge in [-0.3, -0.25) is 4.79 Å². The lowest BCUT2D eigenvalue weighted by Gasteiger charge is -2.20. The van der Waals surface area contributed by atoms with Crippen LogP contribution in [0.2, 0.25) is 0 Å². The van der Waals surface area contributed by atoms with Gasteiger partial charge in [0.25, 0.3) is 0 Å². The second-order valence-electron chi connectivity index (χ2n) is 4.09. The molecule has 0 fully saturated rings. The van der Waals surface area contributed by atoms with Crippen molar-refractivity contribution in [2.75, 3.05) is 12.9 Å². The Labute approximate surface area is 99.2 Å². The molecule has 0 radical (unpaired) electrons. The highest BCUT2D eigenvalue weighted by molar-refractivity contribution is 7.99. The van der Waals surface area contributed by atoms with Gasteiger partial charge in [-0.05, 0) is 26.0 Å². The number of carbonyl (C=O) groups excluding carboxylic acids is 1. The first kappa shape index (κ1) is 13.0. The van der Waals surface area contributed by atoms with Crippen molar-refractivity contribution in [1.29, 1.82) is 0 Å². The maximum atomic E-state index is 13.3. The van der Waals surface area contributed by atoms with Gasteiger partial charge in [-0.2, -0.15) is 0 Å². The van der Waals surface area contributed by atoms with E-state index >= 15 is 0 Å². The first-order valence-electron chi connectivity index (χ1n) is 4.93. The Morgan fingerprint density at radius 1 is 1.44 bits per heavy atom. The minimum Gasteiger partial charge on any atom is -0.469 e. The highest BCUT2D eigenvalue weighted by Crippen LogP contribution is 2.29. The van der Waals surface area contributed by atoms with Crippen molar-refractivity contribution in [3.05, 3.63) is 30.1 Å². The lowest BCUT2D eigenvalue weighted by atomic mass is 9.97. The third-order valence-electron chi connectivity index (χ3n) is 2.16. The molecule has 0 aromatic heterocycles. The molecule has 0 aliphatic carbocycles. The largest absolute Gasteiger partial charge is 0.469 e. The molecule has 2 nitrogen and oxygen atoms in total. The van der Waals surface area contributed by atoms with Gasteiger partial charge >= 0.3 is 5.97 Å². The van der Waals surface area contributed by atoms with Gasteiger partial charge in [-0.1, -0.05) is 12.1 Å². The second kappa shape index (κ2) is 5.34. The Morgan fingerprint density at radius 3 is 2.62 bits per heavy atom. The zero-order valence-corrected chi connectivity index (χ0v) is 10.4. The summed E-state index contributed by atoms with van der Waals surface area (Å²) in [5.41, 5.74) is -0.609. The van der Waals surface area contributed by atoms with Crippen molar-refractivity contribution in [3.63, 3.8) is 0 Å². The molecule has 88 valence electrons. The van der Waals surface area contributed by atoms with Crippen molar-refractivity contribution in [3.8, 4) is 0 Å². The molecule has 0 bridgehead atoms. The van der Waals surface area contributed by atoms with E-state index in [9.17, 15) is 9.18 Å². The maximum absolute atomic E-state index is 13.3. The minimum atomic E-state index is -0.609. The van der Waals surface area contributed by atoms with Crippen LogP contribution in [0.3, 0.4) is 0 Å². The summed E-state index contributed by atoms with van der Waals surface area (Å²) in [6.07, 6.45) is 0. The molecule has 0 aliphatic rings. The van der Waals surface area contributed by atoms with E-state index in [2.05, 4.69) is 4.74 Å². The minimum absolute atomic E-state index is 0.256. The SMILES string of the molecule is COC(=O)C(C)(C)CSc1ccccc1F. The van der Waals surface area contributed by atoms with Crippen molar-refractivity contribution in [2.45, 2.75) is 18.7 Å². The molecule has 4 heteroatoms. The third-order valence-corrected chi connectivity index (χ3v) is 3.67. The smallest absolute Gasteiger partial charge is 0.312 e. The van der Waals surface area contributed by atoms with E-state index in [1.54, 1.807) is 32.0 Å². The summed E-state index contributed by atoms with van der Waals surface area (Å²) >= 11 is 1.32. The normalized spacial score (nSPS) is 11.2. The van der Waals surface area contributed by atoms with Gasteiger partial charge in [0.2, 0.25) is 0 Å². The quantitative estimate of drug-likeness (QED) is 0.599. The Bertz CT molecular complexity index is 377. The standard InChI is InChI=1S/C12H15FO2S/c1-12(2,11(14)15-3)8-16-10-7-5-4-6-9(10)13/h4-7H,8H2,1-3H3. The molecule has 1 rings (SSSR count). The van der Waals surface area contributed by atoms with Crippen LogP contribution < -0.4 is 0 Å². The van der Waals surface area contributed by atoms with Gasteiger partial charge < -0.3 is 4.74 Å². The first-order chi connectivity index (χ1) is 7.47. The Morgan fingerprint density at radius 2 is 2.06 bits per heavy atom. The Balaban J connectivity index is 2.65. The fourth-order valence-corrected chi connectivity index (χ4v) is 2.17. The fraction of sp³-hybridized carbons (Fsp3) is 0.417. The molecular weight excluding hydrogens is 227 g/mol. The molecule has 0 saturated carbocycles. The molecule has 0 heterocycles. The van der Waals surface area contributed by atoms with Gasteiger partial charge in [-0.15, -0.1) is 11.8 Å². The number of hydrogen-bond donors (Lipinski definition) is 0. The summed E-state index contributed by atoms with van der Waals surface area (Å²) in [7, 11) is 1.36. The lowest BCUT2D eigenvalue weighted by molar-refractivity contribution is -0.149. The predicted octanol–water partition coefficient (Wildman–Crippen LogP) is 3.12. The average molecular weight is 242 g/mol. The fourth-order valence-electron chi connectivity index (χ4n) is 1.16. The highest BCUT2D eigenvalue weighted by atomic mass is 32.2. The molecule has 16 heavy (non-hydrogen) atoms. The van der Waals surface area contributed by atoms with Gasteiger partial charge in [0.05, 0.1) is 12.5 Å². The summed E-state index contributed by atoms with van der Waals surface area (Å²) in [5, 5.41) is 0. The van der Waals surface area contributed by atoms with Crippen molar-refractivity contribution in [1.82, 2.24) is 0 Å². The number of thioether (sulfide) groups is 1. The lowest BCUT2D eigenvalue weighted by Crippen LogP contribution is -2.28. The maximum Gasteiger partial charge on any atom is 0.312 e. The van der Waals surface area contributed by atoms with Crippen LogP contribution in [0.25, 0.3) is 0 Å². The predicted molar refractivity (Wildman–Crippen MR) is 62.9 cm³/mol. The third kappa shape index (κ3) is 3.23. The molecule has 0 aliphatic heterocycles. The molecule has 0 amide bonds. The summed E-state index contributed by atoms with van der Waals surface area (Å²) < 4.78 is 18.0. The van der Waals surface area contributed by atoms with E-state index in [0.29, 0.717) is 10.6 Å². The van der Waals surface area contributed by atoms with Crippen molar-refractivity contribution in [2.24, 2.45) is 5.41 Å². The number of methoxy groups -OCH3 is 1. The monoisotopic (exact) mass is 242 g/mol. The first-order valence-corrected chi connectivity index (χ1v) is 5.91. The molecule has 0 atom stereocenters. The van der Waals surface area contributed by atoms with Gasteiger partial charge in [0, 0.05) is 10.6 Å². The zero-order valence-electron chi connectivity index (χ0n) is 9.62. The Hall–Kier alpha value is -1.03. The van der Waals surface area contributed by atoms with E-state index in [-0.39, 0.29) is 11.8 Å². The number of halogens is 1. The number of ether oxygens (including phenoxy) is 1. The number of carbonyl (C=O) groups is 1. The Kier molecular flexibility index (Phi) is 4.35. The van der Waals surface area contributed by atoms with Crippen molar-refractivity contribution >= 4 is 17.7 Å². The average Bonchev–Trinajstić information content (AvgIpc) is 2.27. The van der Waals surface area contributed by atoms with Gasteiger partial charge in [0.1, 0.15) is 5.82 Å². The topological polar surface area (TPSA) is 26.3 Å². The molecule has 0 spiro atoms. The van der Waals surface area contributed by atoms with E-state index in [4.69, 9.17) is 0 Å². The van der Waals surface area contributed by atoms with Crippen LogP contribution in [-0.4, -0.2) is 18.8 Å². The van der Waals surface area contributed by atoms with Crippen LogP contribution in [0.4, 0.5) is 4.39 Å². The molecule has 1 aromatic carbocycles. The molecule has 0 unspecified atom stereocenters. The van der Waals surface area contributed by atoms with Crippen LogP contribution in [0.1, 0.15) is 13.8 Å².